The van der Waals surface area contributed by atoms with E-state index in [-0.39, 0.29) is 17.7 Å². The van der Waals surface area contributed by atoms with Crippen molar-refractivity contribution in [3.05, 3.63) is 65.5 Å². The van der Waals surface area contributed by atoms with E-state index in [1.807, 2.05) is 18.2 Å². The van der Waals surface area contributed by atoms with Crippen molar-refractivity contribution in [1.29, 1.82) is 0 Å². The lowest BCUT2D eigenvalue weighted by molar-refractivity contribution is -0.126. The molecule has 1 amide bonds. The van der Waals surface area contributed by atoms with Crippen LogP contribution in [0.1, 0.15) is 31.0 Å². The van der Waals surface area contributed by atoms with Crippen LogP contribution in [0.5, 0.6) is 5.75 Å². The van der Waals surface area contributed by atoms with E-state index in [4.69, 9.17) is 10.5 Å². The van der Waals surface area contributed by atoms with Gasteiger partial charge in [0.2, 0.25) is 5.91 Å². The molecule has 0 heterocycles. The first kappa shape index (κ1) is 17.0. The van der Waals surface area contributed by atoms with E-state index >= 15 is 0 Å². The lowest BCUT2D eigenvalue weighted by Gasteiger charge is -2.26. The number of benzene rings is 2. The van der Waals surface area contributed by atoms with Crippen LogP contribution in [0.4, 0.5) is 4.39 Å². The topological polar surface area (TPSA) is 64.3 Å². The Morgan fingerprint density at radius 3 is 2.48 bits per heavy atom. The minimum absolute atomic E-state index is 0.167. The van der Waals surface area contributed by atoms with Crippen LogP contribution in [-0.2, 0) is 10.3 Å². The highest BCUT2D eigenvalue weighted by atomic mass is 19.1. The predicted octanol–water partition coefficient (Wildman–Crippen LogP) is 2.89. The maximum Gasteiger partial charge on any atom is 0.244 e. The van der Waals surface area contributed by atoms with E-state index in [1.165, 1.54) is 19.2 Å². The molecule has 2 unspecified atom stereocenters. The number of halogens is 1. The van der Waals surface area contributed by atoms with E-state index in [1.54, 1.807) is 32.0 Å². The molecular weight excluding hydrogens is 295 g/mol. The zero-order valence-electron chi connectivity index (χ0n) is 13.5. The Labute approximate surface area is 135 Å². The van der Waals surface area contributed by atoms with Crippen molar-refractivity contribution in [3.63, 3.8) is 0 Å². The summed E-state index contributed by atoms with van der Waals surface area (Å²) < 4.78 is 18.7. The second-order valence-corrected chi connectivity index (χ2v) is 5.66. The third kappa shape index (κ3) is 3.68. The number of hydrogen-bond acceptors (Lipinski definition) is 3. The van der Waals surface area contributed by atoms with E-state index in [0.29, 0.717) is 11.1 Å². The molecule has 0 bridgehead atoms. The second-order valence-electron chi connectivity index (χ2n) is 5.66. The van der Waals surface area contributed by atoms with Crippen molar-refractivity contribution in [2.75, 3.05) is 7.11 Å². The minimum Gasteiger partial charge on any atom is -0.494 e. The molecule has 2 aromatic rings. The molecule has 0 aliphatic heterocycles. The Kier molecular flexibility index (Phi) is 5.01. The molecule has 2 atom stereocenters. The van der Waals surface area contributed by atoms with Crippen molar-refractivity contribution in [3.8, 4) is 5.75 Å². The van der Waals surface area contributed by atoms with Crippen LogP contribution in [0, 0.1) is 5.82 Å². The first-order valence-electron chi connectivity index (χ1n) is 7.35. The van der Waals surface area contributed by atoms with Gasteiger partial charge in [0.15, 0.2) is 11.6 Å². The van der Waals surface area contributed by atoms with Crippen LogP contribution in [0.15, 0.2) is 48.5 Å². The molecule has 0 spiro atoms. The summed E-state index contributed by atoms with van der Waals surface area (Å²) in [5.41, 5.74) is 6.36. The molecule has 23 heavy (non-hydrogen) atoms. The van der Waals surface area contributed by atoms with Crippen LogP contribution in [-0.4, -0.2) is 13.0 Å². The van der Waals surface area contributed by atoms with Crippen LogP contribution in [0.2, 0.25) is 0 Å². The van der Waals surface area contributed by atoms with Crippen LogP contribution >= 0.6 is 0 Å². The van der Waals surface area contributed by atoms with Gasteiger partial charge in [0, 0.05) is 0 Å². The van der Waals surface area contributed by atoms with Gasteiger partial charge in [-0.1, -0.05) is 36.4 Å². The normalized spacial score (nSPS) is 14.7. The Hall–Kier alpha value is -2.40. The highest BCUT2D eigenvalue weighted by molar-refractivity contribution is 5.87. The minimum atomic E-state index is -1.17. The van der Waals surface area contributed by atoms with Crippen molar-refractivity contribution in [2.45, 2.75) is 25.4 Å². The highest BCUT2D eigenvalue weighted by Crippen LogP contribution is 2.23. The number of hydrogen-bond donors (Lipinski definition) is 2. The lowest BCUT2D eigenvalue weighted by Crippen LogP contribution is -2.49. The van der Waals surface area contributed by atoms with Gasteiger partial charge in [-0.25, -0.2) is 4.39 Å². The van der Waals surface area contributed by atoms with Crippen LogP contribution in [0.25, 0.3) is 0 Å². The summed E-state index contributed by atoms with van der Waals surface area (Å²) in [4.78, 5) is 12.5. The number of nitrogens with two attached hydrogens (primary N) is 1. The van der Waals surface area contributed by atoms with Crippen molar-refractivity contribution in [1.82, 2.24) is 5.32 Å². The first-order valence-corrected chi connectivity index (χ1v) is 7.35. The van der Waals surface area contributed by atoms with E-state index in [9.17, 15) is 9.18 Å². The fraction of sp³-hybridized carbons (Fsp3) is 0.278. The standard InChI is InChI=1S/C18H21FN2O2/c1-12(13-9-10-16(23-3)15(19)11-13)21-17(22)18(2,20)14-7-5-4-6-8-14/h4-12H,20H2,1-3H3,(H,21,22). The fourth-order valence-corrected chi connectivity index (χ4v) is 2.30. The van der Waals surface area contributed by atoms with Gasteiger partial charge in [-0.15, -0.1) is 0 Å². The average Bonchev–Trinajstić information content (AvgIpc) is 2.55. The van der Waals surface area contributed by atoms with E-state index < -0.39 is 11.4 Å². The van der Waals surface area contributed by atoms with Gasteiger partial charge in [0.1, 0.15) is 5.54 Å². The molecule has 2 rings (SSSR count). The third-order valence-corrected chi connectivity index (χ3v) is 3.87. The Balaban J connectivity index is 2.15. The highest BCUT2D eigenvalue weighted by Gasteiger charge is 2.31. The zero-order chi connectivity index (χ0) is 17.0. The second kappa shape index (κ2) is 6.79. The number of carbonyl (C=O) groups is 1. The SMILES string of the molecule is COc1ccc(C(C)NC(=O)C(C)(N)c2ccccc2)cc1F. The van der Waals surface area contributed by atoms with E-state index in [2.05, 4.69) is 5.32 Å². The molecule has 0 saturated heterocycles. The quantitative estimate of drug-likeness (QED) is 0.891. The monoisotopic (exact) mass is 316 g/mol. The summed E-state index contributed by atoms with van der Waals surface area (Å²) in [6.45, 7) is 3.43. The number of methoxy groups -OCH3 is 1. The van der Waals surface area contributed by atoms with Crippen molar-refractivity contribution in [2.24, 2.45) is 5.73 Å². The molecule has 0 fully saturated rings. The summed E-state index contributed by atoms with van der Waals surface area (Å²) in [5, 5.41) is 2.83. The zero-order valence-corrected chi connectivity index (χ0v) is 13.5. The maximum absolute atomic E-state index is 13.8. The molecule has 5 heteroatoms. The smallest absolute Gasteiger partial charge is 0.244 e. The average molecular weight is 316 g/mol. The van der Waals surface area contributed by atoms with Gasteiger partial charge in [0.25, 0.3) is 0 Å². The first-order chi connectivity index (χ1) is 10.9. The Morgan fingerprint density at radius 1 is 1.26 bits per heavy atom. The molecule has 122 valence electrons. The van der Waals surface area contributed by atoms with Crippen molar-refractivity contribution < 1.29 is 13.9 Å². The molecule has 0 aliphatic carbocycles. The molecule has 0 aliphatic rings. The molecule has 4 nitrogen and oxygen atoms in total. The summed E-state index contributed by atoms with van der Waals surface area (Å²) >= 11 is 0. The molecule has 0 saturated carbocycles. The third-order valence-electron chi connectivity index (χ3n) is 3.87. The fourth-order valence-electron chi connectivity index (χ4n) is 2.30. The van der Waals surface area contributed by atoms with Gasteiger partial charge < -0.3 is 15.8 Å². The number of amides is 1. The van der Waals surface area contributed by atoms with Gasteiger partial charge in [-0.05, 0) is 37.1 Å². The Bertz CT molecular complexity index is 687. The molecule has 0 radical (unpaired) electrons. The summed E-state index contributed by atoms with van der Waals surface area (Å²) in [6, 6.07) is 13.3. The van der Waals surface area contributed by atoms with Gasteiger partial charge in [-0.2, -0.15) is 0 Å². The van der Waals surface area contributed by atoms with Crippen molar-refractivity contribution >= 4 is 5.91 Å². The van der Waals surface area contributed by atoms with Gasteiger partial charge in [-0.3, -0.25) is 4.79 Å². The van der Waals surface area contributed by atoms with Crippen LogP contribution in [0.3, 0.4) is 0 Å². The van der Waals surface area contributed by atoms with Gasteiger partial charge >= 0.3 is 0 Å². The number of rotatable bonds is 5. The molecule has 3 N–H and O–H groups in total. The number of nitrogens with one attached hydrogen (secondary N) is 1. The molecule has 0 aromatic heterocycles. The summed E-state index contributed by atoms with van der Waals surface area (Å²) in [7, 11) is 1.41. The van der Waals surface area contributed by atoms with Crippen LogP contribution < -0.4 is 15.8 Å². The largest absolute Gasteiger partial charge is 0.494 e. The summed E-state index contributed by atoms with van der Waals surface area (Å²) in [5.74, 6) is -0.627. The predicted molar refractivity (Wildman–Crippen MR) is 87.5 cm³/mol. The molecule has 2 aromatic carbocycles. The number of carbonyl (C=O) groups excluding carboxylic acids is 1. The Morgan fingerprint density at radius 2 is 1.91 bits per heavy atom. The maximum atomic E-state index is 13.8. The lowest BCUT2D eigenvalue weighted by atomic mass is 9.91. The summed E-state index contributed by atoms with van der Waals surface area (Å²) in [6.07, 6.45) is 0. The number of ether oxygens (including phenoxy) is 1. The van der Waals surface area contributed by atoms with Gasteiger partial charge in [0.05, 0.1) is 13.2 Å². The van der Waals surface area contributed by atoms with E-state index in [0.717, 1.165) is 0 Å². The molecular formula is C18H21FN2O2.